The maximum absolute atomic E-state index is 12.3. The molecule has 0 aliphatic heterocycles. The number of hydrogen-bond acceptors (Lipinski definition) is 10. The van der Waals surface area contributed by atoms with Crippen LogP contribution in [0.15, 0.2) is 30.3 Å². The number of nitrogens with zero attached hydrogens (tertiary/aromatic N) is 1. The molecule has 1 aromatic rings. The van der Waals surface area contributed by atoms with Crippen LogP contribution in [0.3, 0.4) is 0 Å². The van der Waals surface area contributed by atoms with Gasteiger partial charge in [0.25, 0.3) is 0 Å². The van der Waals surface area contributed by atoms with Crippen molar-refractivity contribution in [1.29, 1.82) is 0 Å². The average Bonchev–Trinajstić information content (AvgIpc) is 2.68. The first-order valence-corrected chi connectivity index (χ1v) is 9.74. The van der Waals surface area contributed by atoms with Crippen LogP contribution in [-0.4, -0.2) is 52.8 Å². The summed E-state index contributed by atoms with van der Waals surface area (Å²) in [5, 5.41) is 20.2. The van der Waals surface area contributed by atoms with Crippen molar-refractivity contribution < 1.29 is 33.9 Å². The maximum atomic E-state index is 12.3. The van der Waals surface area contributed by atoms with Crippen LogP contribution in [-0.2, 0) is 30.5 Å². The van der Waals surface area contributed by atoms with Gasteiger partial charge in [-0.2, -0.15) is 0 Å². The minimum Gasteiger partial charge on any atom is -0.738 e. The highest BCUT2D eigenvalue weighted by Crippen LogP contribution is 2.25. The van der Waals surface area contributed by atoms with Gasteiger partial charge in [-0.25, -0.2) is 9.59 Å². The van der Waals surface area contributed by atoms with E-state index in [2.05, 4.69) is 10.2 Å². The molecule has 11 heteroatoms. The molecule has 0 bridgehead atoms. The van der Waals surface area contributed by atoms with Crippen molar-refractivity contribution in [2.45, 2.75) is 33.4 Å². The third kappa shape index (κ3) is 9.72. The second-order valence-corrected chi connectivity index (χ2v) is 7.50. The minimum absolute atomic E-state index is 0.0194. The number of carbonyl (C=O) groups is 3. The van der Waals surface area contributed by atoms with Crippen LogP contribution in [0.2, 0.25) is 0 Å². The standard InChI is InChI=1S/C18H25N2O8S/c1-4-26-15(21)14(11-29-16(22)18(2,3)12-28-20(24)25)19-17(23)27-10-13-8-6-5-7-9-13/h5-9,14,24H,4,10-12H2,1-3H3,(H,19,23)/q-1. The lowest BCUT2D eigenvalue weighted by Gasteiger charge is -2.27. The minimum atomic E-state index is -1.12. The number of amides is 1. The van der Waals surface area contributed by atoms with Gasteiger partial charge in [-0.05, 0) is 26.3 Å². The summed E-state index contributed by atoms with van der Waals surface area (Å²) < 4.78 is 10.0. The SMILES string of the molecule is CCOC(=O)C(CSC(=O)C(C)(C)CON([O-])O)NC(=O)OCc1ccccc1. The summed E-state index contributed by atoms with van der Waals surface area (Å²) in [5.41, 5.74) is -0.346. The van der Waals surface area contributed by atoms with Crippen molar-refractivity contribution in [2.75, 3.05) is 19.0 Å². The highest BCUT2D eigenvalue weighted by atomic mass is 32.2. The zero-order chi connectivity index (χ0) is 21.9. The second-order valence-electron chi connectivity index (χ2n) is 6.50. The Balaban J connectivity index is 2.62. The third-order valence-electron chi connectivity index (χ3n) is 3.55. The largest absolute Gasteiger partial charge is 0.738 e. The fourth-order valence-corrected chi connectivity index (χ4v) is 2.94. The Kier molecular flexibility index (Phi) is 10.6. The molecule has 1 unspecified atom stereocenters. The Morgan fingerprint density at radius 2 is 1.90 bits per heavy atom. The quantitative estimate of drug-likeness (QED) is 0.398. The van der Waals surface area contributed by atoms with E-state index in [1.807, 2.05) is 6.07 Å². The molecule has 29 heavy (non-hydrogen) atoms. The van der Waals surface area contributed by atoms with E-state index in [0.717, 1.165) is 17.3 Å². The van der Waals surface area contributed by atoms with Crippen LogP contribution in [0, 0.1) is 10.6 Å². The van der Waals surface area contributed by atoms with Gasteiger partial charge in [-0.1, -0.05) is 42.1 Å². The third-order valence-corrected chi connectivity index (χ3v) is 4.86. The molecule has 0 aromatic heterocycles. The predicted molar refractivity (Wildman–Crippen MR) is 104 cm³/mol. The van der Waals surface area contributed by atoms with Crippen molar-refractivity contribution >= 4 is 28.9 Å². The first kappa shape index (κ1) is 24.9. The molecule has 0 radical (unpaired) electrons. The molecular weight excluding hydrogens is 404 g/mol. The molecule has 162 valence electrons. The van der Waals surface area contributed by atoms with E-state index in [1.54, 1.807) is 31.2 Å². The van der Waals surface area contributed by atoms with Crippen molar-refractivity contribution in [3.63, 3.8) is 0 Å². The Morgan fingerprint density at radius 1 is 1.24 bits per heavy atom. The van der Waals surface area contributed by atoms with Crippen molar-refractivity contribution in [1.82, 2.24) is 10.7 Å². The summed E-state index contributed by atoms with van der Waals surface area (Å²) in [5.74, 6) is -0.818. The number of alkyl carbamates (subject to hydrolysis) is 1. The maximum Gasteiger partial charge on any atom is 0.408 e. The fourth-order valence-electron chi connectivity index (χ4n) is 1.95. The van der Waals surface area contributed by atoms with E-state index in [4.69, 9.17) is 14.7 Å². The van der Waals surface area contributed by atoms with Crippen LogP contribution in [0.25, 0.3) is 0 Å². The molecule has 0 heterocycles. The van der Waals surface area contributed by atoms with Gasteiger partial charge in [0.1, 0.15) is 12.6 Å². The van der Waals surface area contributed by atoms with Crippen LogP contribution >= 0.6 is 11.8 Å². The first-order valence-electron chi connectivity index (χ1n) is 8.76. The van der Waals surface area contributed by atoms with Gasteiger partial charge in [0.15, 0.2) is 5.12 Å². The molecule has 0 spiro atoms. The number of carbonyl (C=O) groups excluding carboxylic acids is 3. The lowest BCUT2D eigenvalue weighted by atomic mass is 9.97. The molecule has 2 N–H and O–H groups in total. The average molecular weight is 429 g/mol. The summed E-state index contributed by atoms with van der Waals surface area (Å²) >= 11 is 0.762. The van der Waals surface area contributed by atoms with Crippen LogP contribution in [0.4, 0.5) is 4.79 Å². The summed E-state index contributed by atoms with van der Waals surface area (Å²) in [6.45, 7) is 4.38. The normalized spacial score (nSPS) is 12.3. The molecule has 0 fully saturated rings. The van der Waals surface area contributed by atoms with E-state index in [0.29, 0.717) is 0 Å². The van der Waals surface area contributed by atoms with Crippen molar-refractivity contribution in [2.24, 2.45) is 5.41 Å². The van der Waals surface area contributed by atoms with Crippen molar-refractivity contribution in [3.8, 4) is 0 Å². The number of thioether (sulfide) groups is 1. The number of nitrogens with one attached hydrogen (secondary N) is 1. The van der Waals surface area contributed by atoms with Gasteiger partial charge in [0.2, 0.25) is 0 Å². The molecule has 0 aliphatic carbocycles. The first-order chi connectivity index (χ1) is 13.7. The lowest BCUT2D eigenvalue weighted by molar-refractivity contribution is -0.313. The van der Waals surface area contributed by atoms with Gasteiger partial charge in [0.05, 0.1) is 18.6 Å². The van der Waals surface area contributed by atoms with E-state index in [1.165, 1.54) is 13.8 Å². The van der Waals surface area contributed by atoms with E-state index in [9.17, 15) is 19.6 Å². The Labute approximate surface area is 173 Å². The highest BCUT2D eigenvalue weighted by molar-refractivity contribution is 8.13. The molecule has 0 aliphatic rings. The van der Waals surface area contributed by atoms with Gasteiger partial charge in [-0.15, -0.1) is 5.39 Å². The monoisotopic (exact) mass is 429 g/mol. The van der Waals surface area contributed by atoms with Crippen LogP contribution < -0.4 is 5.32 Å². The van der Waals surface area contributed by atoms with Crippen molar-refractivity contribution in [3.05, 3.63) is 41.1 Å². The second kappa shape index (κ2) is 12.4. The molecule has 1 aromatic carbocycles. The number of rotatable bonds is 11. The summed E-state index contributed by atoms with van der Waals surface area (Å²) in [6.07, 6.45) is -0.829. The molecule has 1 amide bonds. The molecule has 1 rings (SSSR count). The number of esters is 1. The van der Waals surface area contributed by atoms with Gasteiger partial charge < -0.3 is 25.2 Å². The van der Waals surface area contributed by atoms with E-state index in [-0.39, 0.29) is 25.6 Å². The highest BCUT2D eigenvalue weighted by Gasteiger charge is 2.31. The molecule has 1 atom stereocenters. The molecule has 0 saturated carbocycles. The molecule has 0 saturated heterocycles. The van der Waals surface area contributed by atoms with E-state index >= 15 is 0 Å². The van der Waals surface area contributed by atoms with Crippen LogP contribution in [0.5, 0.6) is 0 Å². The molecule has 10 nitrogen and oxygen atoms in total. The lowest BCUT2D eigenvalue weighted by Crippen LogP contribution is -2.44. The Bertz CT molecular complexity index is 669. The fraction of sp³-hybridized carbons (Fsp3) is 0.500. The smallest absolute Gasteiger partial charge is 0.408 e. The zero-order valence-electron chi connectivity index (χ0n) is 16.5. The van der Waals surface area contributed by atoms with Gasteiger partial charge in [-0.3, -0.25) is 9.63 Å². The van der Waals surface area contributed by atoms with Gasteiger partial charge >= 0.3 is 12.1 Å². The number of benzene rings is 1. The number of hydrogen-bond donors (Lipinski definition) is 2. The van der Waals surface area contributed by atoms with E-state index < -0.39 is 34.0 Å². The van der Waals surface area contributed by atoms with Gasteiger partial charge in [0, 0.05) is 5.75 Å². The number of ether oxygens (including phenoxy) is 2. The topological polar surface area (TPSA) is 137 Å². The summed E-state index contributed by atoms with van der Waals surface area (Å²) in [7, 11) is 0. The summed E-state index contributed by atoms with van der Waals surface area (Å²) in [6, 6.07) is 7.88. The Morgan fingerprint density at radius 3 is 2.48 bits per heavy atom. The van der Waals surface area contributed by atoms with Crippen LogP contribution in [0.1, 0.15) is 26.3 Å². The predicted octanol–water partition coefficient (Wildman–Crippen LogP) is 2.25. The summed E-state index contributed by atoms with van der Waals surface area (Å²) in [4.78, 5) is 40.9. The molecular formula is C18H25N2O8S-. The Hall–Kier alpha value is -2.18. The zero-order valence-corrected chi connectivity index (χ0v) is 17.3.